The normalized spacial score (nSPS) is 19.8. The molecule has 0 heterocycles. The van der Waals surface area contributed by atoms with E-state index in [1.165, 1.54) is 0 Å². The summed E-state index contributed by atoms with van der Waals surface area (Å²) in [7, 11) is 1.80. The highest BCUT2D eigenvalue weighted by atomic mass is 16.1. The highest BCUT2D eigenvalue weighted by Crippen LogP contribution is 2.22. The molecule has 0 aliphatic rings. The van der Waals surface area contributed by atoms with Crippen molar-refractivity contribution >= 4 is 6.29 Å². The molecule has 0 aromatic heterocycles. The lowest BCUT2D eigenvalue weighted by atomic mass is 9.79. The van der Waals surface area contributed by atoms with Gasteiger partial charge in [-0.25, -0.2) is 0 Å². The van der Waals surface area contributed by atoms with Gasteiger partial charge >= 0.3 is 0 Å². The first kappa shape index (κ1) is 13.6. The van der Waals surface area contributed by atoms with Crippen LogP contribution in [-0.2, 0) is 4.79 Å². The van der Waals surface area contributed by atoms with Crippen molar-refractivity contribution in [3.8, 4) is 0 Å². The predicted molar refractivity (Wildman–Crippen MR) is 60.2 cm³/mol. The smallest absolute Gasteiger partial charge is 0.137 e. The third-order valence-electron chi connectivity index (χ3n) is 3.13. The number of unbranched alkanes of at least 4 members (excludes halogenated alkanes) is 1. The van der Waals surface area contributed by atoms with Crippen LogP contribution in [0.25, 0.3) is 0 Å². The molecule has 0 aromatic carbocycles. The minimum atomic E-state index is -0.259. The fraction of sp³-hybridized carbons (Fsp3) is 0.909. The number of nitrogens with two attached hydrogens (primary N) is 1. The van der Waals surface area contributed by atoms with E-state index in [1.54, 1.807) is 7.05 Å². The predicted octanol–water partition coefficient (Wildman–Crippen LogP) is 1.32. The monoisotopic (exact) mass is 200 g/mol. The van der Waals surface area contributed by atoms with E-state index >= 15 is 0 Å². The van der Waals surface area contributed by atoms with E-state index in [-0.39, 0.29) is 17.5 Å². The van der Waals surface area contributed by atoms with Crippen molar-refractivity contribution in [1.82, 2.24) is 5.32 Å². The van der Waals surface area contributed by atoms with Gasteiger partial charge in [0, 0.05) is 5.54 Å². The maximum atomic E-state index is 10.8. The molecule has 0 aliphatic heterocycles. The van der Waals surface area contributed by atoms with Gasteiger partial charge in [-0.3, -0.25) is 0 Å². The summed E-state index contributed by atoms with van der Waals surface area (Å²) in [6, 6.07) is -0.137. The minimum absolute atomic E-state index is 0.137. The molecule has 0 unspecified atom stereocenters. The Morgan fingerprint density at radius 2 is 2.14 bits per heavy atom. The molecule has 0 rings (SSSR count). The summed E-state index contributed by atoms with van der Waals surface area (Å²) in [6.45, 7) is 6.21. The van der Waals surface area contributed by atoms with Crippen LogP contribution in [-0.4, -0.2) is 24.9 Å². The first-order valence-electron chi connectivity index (χ1n) is 5.41. The van der Waals surface area contributed by atoms with Crippen molar-refractivity contribution in [2.45, 2.75) is 51.6 Å². The van der Waals surface area contributed by atoms with Crippen molar-refractivity contribution in [1.29, 1.82) is 0 Å². The maximum Gasteiger partial charge on any atom is 0.137 e. The zero-order valence-electron chi connectivity index (χ0n) is 9.84. The fourth-order valence-electron chi connectivity index (χ4n) is 1.63. The highest BCUT2D eigenvalue weighted by Gasteiger charge is 2.31. The second kappa shape index (κ2) is 6.14. The Morgan fingerprint density at radius 1 is 1.57 bits per heavy atom. The van der Waals surface area contributed by atoms with Gasteiger partial charge in [0.2, 0.25) is 0 Å². The summed E-state index contributed by atoms with van der Waals surface area (Å²) < 4.78 is 0. The lowest BCUT2D eigenvalue weighted by Crippen LogP contribution is -2.52. The molecular weight excluding hydrogens is 176 g/mol. The number of hydrogen-bond donors (Lipinski definition) is 2. The second-order valence-corrected chi connectivity index (χ2v) is 4.35. The number of carbonyl (C=O) groups is 1. The molecule has 0 spiro atoms. The van der Waals surface area contributed by atoms with Crippen LogP contribution in [0.1, 0.15) is 40.0 Å². The molecule has 84 valence electrons. The van der Waals surface area contributed by atoms with E-state index in [0.717, 1.165) is 25.5 Å². The molecule has 0 aromatic rings. The van der Waals surface area contributed by atoms with E-state index in [4.69, 9.17) is 5.73 Å². The molecular formula is C11H24N2O. The van der Waals surface area contributed by atoms with Crippen LogP contribution in [0.15, 0.2) is 0 Å². The zero-order valence-corrected chi connectivity index (χ0v) is 9.84. The van der Waals surface area contributed by atoms with Crippen LogP contribution in [0.3, 0.4) is 0 Å². The molecule has 3 heteroatoms. The van der Waals surface area contributed by atoms with Gasteiger partial charge in [0.05, 0.1) is 6.04 Å². The van der Waals surface area contributed by atoms with Crippen LogP contribution >= 0.6 is 0 Å². The Labute approximate surface area is 87.4 Å². The van der Waals surface area contributed by atoms with Gasteiger partial charge in [-0.05, 0) is 26.3 Å². The van der Waals surface area contributed by atoms with Crippen molar-refractivity contribution < 1.29 is 4.79 Å². The van der Waals surface area contributed by atoms with Gasteiger partial charge in [0.1, 0.15) is 6.29 Å². The molecule has 3 N–H and O–H groups in total. The molecule has 3 atom stereocenters. The minimum Gasteiger partial charge on any atom is -0.325 e. The van der Waals surface area contributed by atoms with Crippen molar-refractivity contribution in [2.75, 3.05) is 7.05 Å². The lowest BCUT2D eigenvalue weighted by Gasteiger charge is -2.35. The van der Waals surface area contributed by atoms with Crippen LogP contribution in [0.2, 0.25) is 0 Å². The average Bonchev–Trinajstić information content (AvgIpc) is 2.16. The zero-order chi connectivity index (χ0) is 11.2. The van der Waals surface area contributed by atoms with E-state index in [2.05, 4.69) is 12.2 Å². The number of rotatable bonds is 7. The maximum absolute atomic E-state index is 10.8. The van der Waals surface area contributed by atoms with Gasteiger partial charge in [0.25, 0.3) is 0 Å². The molecule has 0 amide bonds. The third-order valence-corrected chi connectivity index (χ3v) is 3.13. The molecule has 0 fully saturated rings. The molecule has 0 saturated carbocycles. The highest BCUT2D eigenvalue weighted by molar-refractivity contribution is 5.58. The molecule has 0 radical (unpaired) electrons. The summed E-state index contributed by atoms with van der Waals surface area (Å²) in [6.07, 6.45) is 4.18. The van der Waals surface area contributed by atoms with Crippen molar-refractivity contribution in [3.63, 3.8) is 0 Å². The van der Waals surface area contributed by atoms with E-state index in [0.29, 0.717) is 0 Å². The number of hydrogen-bond acceptors (Lipinski definition) is 3. The Bertz CT molecular complexity index is 169. The Hall–Kier alpha value is -0.410. The third kappa shape index (κ3) is 3.76. The largest absolute Gasteiger partial charge is 0.325 e. The summed E-state index contributed by atoms with van der Waals surface area (Å²) >= 11 is 0. The Kier molecular flexibility index (Phi) is 5.96. The van der Waals surface area contributed by atoms with Crippen molar-refractivity contribution in [2.24, 2.45) is 11.7 Å². The number of aldehydes is 1. The summed E-state index contributed by atoms with van der Waals surface area (Å²) in [5.74, 6) is 0.163. The van der Waals surface area contributed by atoms with E-state index in [9.17, 15) is 4.79 Å². The lowest BCUT2D eigenvalue weighted by molar-refractivity contribution is -0.111. The molecule has 0 saturated heterocycles. The second-order valence-electron chi connectivity index (χ2n) is 4.35. The van der Waals surface area contributed by atoms with E-state index in [1.807, 2.05) is 13.8 Å². The van der Waals surface area contributed by atoms with E-state index < -0.39 is 0 Å². The first-order chi connectivity index (χ1) is 6.49. The van der Waals surface area contributed by atoms with Crippen LogP contribution in [0.4, 0.5) is 0 Å². The topological polar surface area (TPSA) is 55.1 Å². The summed E-state index contributed by atoms with van der Waals surface area (Å²) in [4.78, 5) is 10.8. The standard InChI is InChI=1S/C11H24N2O/c1-5-6-7-11(3,12)9(2)10(8-14)13-4/h8-10,13H,5-7,12H2,1-4H3/t9-,10+,11-/m0/s1. The molecule has 3 nitrogen and oxygen atoms in total. The summed E-state index contributed by atoms with van der Waals surface area (Å²) in [5.41, 5.74) is 5.94. The Morgan fingerprint density at radius 3 is 2.50 bits per heavy atom. The van der Waals surface area contributed by atoms with Crippen molar-refractivity contribution in [3.05, 3.63) is 0 Å². The first-order valence-corrected chi connectivity index (χ1v) is 5.41. The van der Waals surface area contributed by atoms with Gasteiger partial charge in [0.15, 0.2) is 0 Å². The molecule has 0 aliphatic carbocycles. The van der Waals surface area contributed by atoms with Gasteiger partial charge in [-0.2, -0.15) is 0 Å². The number of likely N-dealkylation sites (N-methyl/N-ethyl adjacent to an activating group) is 1. The summed E-state index contributed by atoms with van der Waals surface area (Å²) in [5, 5.41) is 2.99. The quantitative estimate of drug-likeness (QED) is 0.609. The van der Waals surface area contributed by atoms with Gasteiger partial charge < -0.3 is 15.8 Å². The van der Waals surface area contributed by atoms with Crippen LogP contribution in [0, 0.1) is 5.92 Å². The fourth-order valence-corrected chi connectivity index (χ4v) is 1.63. The van der Waals surface area contributed by atoms with Gasteiger partial charge in [-0.15, -0.1) is 0 Å². The molecule has 0 bridgehead atoms. The Balaban J connectivity index is 4.30. The SMILES string of the molecule is CCCC[C@](C)(N)[C@@H](C)[C@@H](C=O)NC. The molecule has 14 heavy (non-hydrogen) atoms. The van der Waals surface area contributed by atoms with Crippen LogP contribution in [0.5, 0.6) is 0 Å². The average molecular weight is 200 g/mol. The number of carbonyl (C=O) groups excluding carboxylic acids is 1. The van der Waals surface area contributed by atoms with Gasteiger partial charge in [-0.1, -0.05) is 26.7 Å². The van der Waals surface area contributed by atoms with Crippen LogP contribution < -0.4 is 11.1 Å². The number of nitrogens with one attached hydrogen (secondary N) is 1.